The lowest BCUT2D eigenvalue weighted by Gasteiger charge is -2.34. The standard InChI is InChI=1S/C12H22N2O4S/c1-3-18-12(15)8-19(16,17)14(2)11-6-9-4-5-10(7-11)13-9/h9-11,13H,3-8H2,1-2H3. The smallest absolute Gasteiger partial charge is 0.322 e. The molecule has 0 saturated carbocycles. The Hall–Kier alpha value is -0.660. The van der Waals surface area contributed by atoms with Gasteiger partial charge in [-0.25, -0.2) is 12.7 Å². The Morgan fingerprint density at radius 1 is 1.32 bits per heavy atom. The number of hydrogen-bond acceptors (Lipinski definition) is 5. The Bertz CT molecular complexity index is 425. The van der Waals surface area contributed by atoms with Gasteiger partial charge in [-0.3, -0.25) is 4.79 Å². The molecule has 2 atom stereocenters. The molecule has 2 rings (SSSR count). The Morgan fingerprint density at radius 3 is 2.42 bits per heavy atom. The summed E-state index contributed by atoms with van der Waals surface area (Å²) in [5, 5.41) is 3.47. The van der Waals surface area contributed by atoms with Gasteiger partial charge in [-0.15, -0.1) is 0 Å². The summed E-state index contributed by atoms with van der Waals surface area (Å²) < 4.78 is 30.4. The van der Waals surface area contributed by atoms with Crippen molar-refractivity contribution >= 4 is 16.0 Å². The van der Waals surface area contributed by atoms with Crippen molar-refractivity contribution in [3.63, 3.8) is 0 Å². The van der Waals surface area contributed by atoms with Gasteiger partial charge < -0.3 is 10.1 Å². The van der Waals surface area contributed by atoms with E-state index in [0.29, 0.717) is 12.1 Å². The molecule has 2 fully saturated rings. The summed E-state index contributed by atoms with van der Waals surface area (Å²) in [4.78, 5) is 11.3. The van der Waals surface area contributed by atoms with Gasteiger partial charge >= 0.3 is 5.97 Å². The number of nitrogens with one attached hydrogen (secondary N) is 1. The predicted molar refractivity (Wildman–Crippen MR) is 71.2 cm³/mol. The van der Waals surface area contributed by atoms with Gasteiger partial charge in [-0.1, -0.05) is 0 Å². The van der Waals surface area contributed by atoms with Gasteiger partial charge in [-0.05, 0) is 32.6 Å². The minimum absolute atomic E-state index is 0.00169. The average molecular weight is 290 g/mol. The second-order valence-corrected chi connectivity index (χ2v) is 7.37. The summed E-state index contributed by atoms with van der Waals surface area (Å²) in [5.74, 6) is -1.23. The maximum absolute atomic E-state index is 12.2. The van der Waals surface area contributed by atoms with Crippen molar-refractivity contribution in [2.45, 2.75) is 50.7 Å². The van der Waals surface area contributed by atoms with E-state index in [9.17, 15) is 13.2 Å². The van der Waals surface area contributed by atoms with E-state index >= 15 is 0 Å². The van der Waals surface area contributed by atoms with Crippen LogP contribution in [0.15, 0.2) is 0 Å². The first kappa shape index (κ1) is 14.7. The second kappa shape index (κ2) is 5.76. The molecular weight excluding hydrogens is 268 g/mol. The van der Waals surface area contributed by atoms with Crippen LogP contribution in [0.5, 0.6) is 0 Å². The number of ether oxygens (including phenoxy) is 1. The summed E-state index contributed by atoms with van der Waals surface area (Å²) in [7, 11) is -2.00. The fourth-order valence-electron chi connectivity index (χ4n) is 3.00. The van der Waals surface area contributed by atoms with E-state index in [1.807, 2.05) is 0 Å². The van der Waals surface area contributed by atoms with Gasteiger partial charge in [0.2, 0.25) is 10.0 Å². The molecule has 110 valence electrons. The van der Waals surface area contributed by atoms with E-state index in [1.165, 1.54) is 4.31 Å². The average Bonchev–Trinajstić information content (AvgIpc) is 2.67. The fourth-order valence-corrected chi connectivity index (χ4v) is 4.22. The van der Waals surface area contributed by atoms with Crippen LogP contribution in [0.1, 0.15) is 32.6 Å². The molecule has 1 N–H and O–H groups in total. The van der Waals surface area contributed by atoms with Crippen molar-refractivity contribution in [1.82, 2.24) is 9.62 Å². The third kappa shape index (κ3) is 3.46. The third-order valence-corrected chi connectivity index (χ3v) is 5.78. The van der Waals surface area contributed by atoms with Crippen LogP contribution < -0.4 is 5.32 Å². The Balaban J connectivity index is 1.98. The maximum atomic E-state index is 12.2. The normalized spacial score (nSPS) is 30.6. The SMILES string of the molecule is CCOC(=O)CS(=O)(=O)N(C)C1CC2CCC(C1)N2. The molecule has 6 nitrogen and oxygen atoms in total. The molecule has 0 aliphatic carbocycles. The molecular formula is C12H22N2O4S. The lowest BCUT2D eigenvalue weighted by Crippen LogP contribution is -2.49. The quantitative estimate of drug-likeness (QED) is 0.727. The van der Waals surface area contributed by atoms with Crippen molar-refractivity contribution < 1.29 is 17.9 Å². The summed E-state index contributed by atoms with van der Waals surface area (Å²) in [6.45, 7) is 1.87. The highest BCUT2D eigenvalue weighted by molar-refractivity contribution is 7.89. The lowest BCUT2D eigenvalue weighted by atomic mass is 10.0. The number of rotatable bonds is 5. The molecule has 2 unspecified atom stereocenters. The maximum Gasteiger partial charge on any atom is 0.322 e. The highest BCUT2D eigenvalue weighted by atomic mass is 32.2. The molecule has 0 aromatic rings. The van der Waals surface area contributed by atoms with Crippen LogP contribution in [-0.4, -0.2) is 56.2 Å². The zero-order valence-corrected chi connectivity index (χ0v) is 12.3. The minimum Gasteiger partial charge on any atom is -0.465 e. The number of carbonyl (C=O) groups excluding carboxylic acids is 1. The second-order valence-electron chi connectivity index (χ2n) is 5.34. The number of nitrogens with zero attached hydrogens (tertiary/aromatic N) is 1. The molecule has 7 heteroatoms. The number of carbonyl (C=O) groups is 1. The van der Waals surface area contributed by atoms with E-state index in [2.05, 4.69) is 5.32 Å². The Kier molecular flexibility index (Phi) is 4.47. The lowest BCUT2D eigenvalue weighted by molar-refractivity contribution is -0.140. The van der Waals surface area contributed by atoms with Crippen LogP contribution in [0, 0.1) is 0 Å². The van der Waals surface area contributed by atoms with Crippen molar-refractivity contribution in [2.75, 3.05) is 19.4 Å². The zero-order chi connectivity index (χ0) is 14.0. The third-order valence-electron chi connectivity index (χ3n) is 4.01. The van der Waals surface area contributed by atoms with Crippen molar-refractivity contribution in [2.24, 2.45) is 0 Å². The molecule has 0 amide bonds. The van der Waals surface area contributed by atoms with Crippen LogP contribution in [-0.2, 0) is 19.6 Å². The first-order chi connectivity index (χ1) is 8.92. The number of fused-ring (bicyclic) bond motifs is 2. The van der Waals surface area contributed by atoms with Gasteiger partial charge in [0.1, 0.15) is 0 Å². The van der Waals surface area contributed by atoms with E-state index in [0.717, 1.165) is 25.7 Å². The van der Waals surface area contributed by atoms with Gasteiger partial charge in [0.15, 0.2) is 5.75 Å². The molecule has 0 spiro atoms. The largest absolute Gasteiger partial charge is 0.465 e. The van der Waals surface area contributed by atoms with Crippen molar-refractivity contribution in [1.29, 1.82) is 0 Å². The highest BCUT2D eigenvalue weighted by Gasteiger charge is 2.38. The molecule has 0 aromatic carbocycles. The Labute approximate surface area is 114 Å². The van der Waals surface area contributed by atoms with Crippen LogP contribution >= 0.6 is 0 Å². The van der Waals surface area contributed by atoms with E-state index in [4.69, 9.17) is 4.74 Å². The summed E-state index contributed by atoms with van der Waals surface area (Å²) >= 11 is 0. The minimum atomic E-state index is -3.57. The first-order valence-corrected chi connectivity index (χ1v) is 8.40. The molecule has 0 aromatic heterocycles. The molecule has 2 saturated heterocycles. The summed E-state index contributed by atoms with van der Waals surface area (Å²) in [5.41, 5.74) is 0. The van der Waals surface area contributed by atoms with Crippen LogP contribution in [0.4, 0.5) is 0 Å². The van der Waals surface area contributed by atoms with Gasteiger partial charge in [0.25, 0.3) is 0 Å². The first-order valence-electron chi connectivity index (χ1n) is 6.79. The Morgan fingerprint density at radius 2 is 1.89 bits per heavy atom. The number of piperidine rings is 1. The topological polar surface area (TPSA) is 75.7 Å². The van der Waals surface area contributed by atoms with E-state index in [-0.39, 0.29) is 12.6 Å². The molecule has 2 aliphatic rings. The van der Waals surface area contributed by atoms with Gasteiger partial charge in [0, 0.05) is 25.2 Å². The van der Waals surface area contributed by atoms with Crippen LogP contribution in [0.3, 0.4) is 0 Å². The summed E-state index contributed by atoms with van der Waals surface area (Å²) in [6, 6.07) is 0.839. The predicted octanol–water partition coefficient (Wildman–Crippen LogP) is 0.0941. The zero-order valence-electron chi connectivity index (χ0n) is 11.5. The summed E-state index contributed by atoms with van der Waals surface area (Å²) in [6.07, 6.45) is 3.89. The number of esters is 1. The van der Waals surface area contributed by atoms with Crippen molar-refractivity contribution in [3.8, 4) is 0 Å². The number of hydrogen-bond donors (Lipinski definition) is 1. The van der Waals surface area contributed by atoms with E-state index in [1.54, 1.807) is 14.0 Å². The molecule has 2 aliphatic heterocycles. The monoisotopic (exact) mass is 290 g/mol. The fraction of sp³-hybridized carbons (Fsp3) is 0.917. The molecule has 2 bridgehead atoms. The van der Waals surface area contributed by atoms with Gasteiger partial charge in [-0.2, -0.15) is 0 Å². The van der Waals surface area contributed by atoms with E-state index < -0.39 is 21.7 Å². The molecule has 0 radical (unpaired) electrons. The number of sulfonamides is 1. The highest BCUT2D eigenvalue weighted by Crippen LogP contribution is 2.30. The van der Waals surface area contributed by atoms with Crippen LogP contribution in [0.25, 0.3) is 0 Å². The molecule has 19 heavy (non-hydrogen) atoms. The van der Waals surface area contributed by atoms with Crippen LogP contribution in [0.2, 0.25) is 0 Å². The van der Waals surface area contributed by atoms with Gasteiger partial charge in [0.05, 0.1) is 6.61 Å². The van der Waals surface area contributed by atoms with Crippen molar-refractivity contribution in [3.05, 3.63) is 0 Å². The molecule has 2 heterocycles.